The lowest BCUT2D eigenvalue weighted by atomic mass is 10.2. The van der Waals surface area contributed by atoms with Crippen LogP contribution in [0.25, 0.3) is 16.9 Å². The largest absolute Gasteiger partial charge is 0.351 e. The van der Waals surface area contributed by atoms with Crippen molar-refractivity contribution < 1.29 is 0 Å². The number of piperazine rings is 1. The van der Waals surface area contributed by atoms with Crippen LogP contribution in [0.5, 0.6) is 0 Å². The van der Waals surface area contributed by atoms with Gasteiger partial charge < -0.3 is 10.2 Å². The molecule has 1 N–H and O–H groups in total. The van der Waals surface area contributed by atoms with Gasteiger partial charge in [0, 0.05) is 37.1 Å². The van der Waals surface area contributed by atoms with Crippen molar-refractivity contribution in [1.29, 1.82) is 0 Å². The van der Waals surface area contributed by atoms with Crippen molar-refractivity contribution in [2.45, 2.75) is 0 Å². The van der Waals surface area contributed by atoms with E-state index < -0.39 is 0 Å². The van der Waals surface area contributed by atoms with Gasteiger partial charge in [0.15, 0.2) is 5.82 Å². The number of aromatic nitrogens is 4. The second-order valence-electron chi connectivity index (χ2n) is 4.74. The SMILES string of the molecule is c1cc(-c2cnc(N3CCNCC3)c3nncn23)cs1. The van der Waals surface area contributed by atoms with E-state index in [9.17, 15) is 0 Å². The summed E-state index contributed by atoms with van der Waals surface area (Å²) in [6, 6.07) is 2.09. The molecule has 0 amide bonds. The summed E-state index contributed by atoms with van der Waals surface area (Å²) in [7, 11) is 0. The van der Waals surface area contributed by atoms with Gasteiger partial charge in [-0.1, -0.05) is 0 Å². The molecule has 0 aliphatic carbocycles. The summed E-state index contributed by atoms with van der Waals surface area (Å²) < 4.78 is 2.02. The van der Waals surface area contributed by atoms with Crippen LogP contribution in [0.1, 0.15) is 0 Å². The molecule has 4 rings (SSSR count). The third-order valence-corrected chi connectivity index (χ3v) is 4.23. The van der Waals surface area contributed by atoms with E-state index in [0.717, 1.165) is 48.9 Å². The van der Waals surface area contributed by atoms with Crippen LogP contribution in [0.2, 0.25) is 0 Å². The van der Waals surface area contributed by atoms with Crippen molar-refractivity contribution in [2.75, 3.05) is 31.1 Å². The average molecular weight is 286 g/mol. The maximum atomic E-state index is 4.64. The highest BCUT2D eigenvalue weighted by atomic mass is 32.1. The second kappa shape index (κ2) is 4.84. The molecule has 6 nitrogen and oxygen atoms in total. The molecule has 102 valence electrons. The molecule has 0 aromatic carbocycles. The van der Waals surface area contributed by atoms with Crippen molar-refractivity contribution in [3.8, 4) is 11.3 Å². The van der Waals surface area contributed by atoms with Gasteiger partial charge in [0.1, 0.15) is 6.33 Å². The molecule has 4 heterocycles. The van der Waals surface area contributed by atoms with Crippen LogP contribution in [0, 0.1) is 0 Å². The van der Waals surface area contributed by atoms with Crippen LogP contribution in [0.4, 0.5) is 5.82 Å². The van der Waals surface area contributed by atoms with Gasteiger partial charge in [0.25, 0.3) is 0 Å². The molecule has 3 aromatic heterocycles. The fraction of sp³-hybridized carbons (Fsp3) is 0.308. The molecule has 0 radical (unpaired) electrons. The zero-order valence-corrected chi connectivity index (χ0v) is 11.7. The van der Waals surface area contributed by atoms with Crippen LogP contribution in [-0.4, -0.2) is 45.8 Å². The first-order valence-electron chi connectivity index (χ1n) is 6.60. The summed E-state index contributed by atoms with van der Waals surface area (Å²) in [6.45, 7) is 3.86. The van der Waals surface area contributed by atoms with Gasteiger partial charge in [0.05, 0.1) is 11.9 Å². The van der Waals surface area contributed by atoms with Crippen LogP contribution >= 0.6 is 11.3 Å². The number of fused-ring (bicyclic) bond motifs is 1. The number of hydrogen-bond acceptors (Lipinski definition) is 6. The van der Waals surface area contributed by atoms with Gasteiger partial charge in [-0.3, -0.25) is 4.40 Å². The minimum absolute atomic E-state index is 0.829. The third-order valence-electron chi connectivity index (χ3n) is 3.55. The topological polar surface area (TPSA) is 58.4 Å². The van der Waals surface area contributed by atoms with Gasteiger partial charge >= 0.3 is 0 Å². The summed E-state index contributed by atoms with van der Waals surface area (Å²) >= 11 is 1.68. The number of rotatable bonds is 2. The van der Waals surface area contributed by atoms with E-state index in [1.165, 1.54) is 0 Å². The lowest BCUT2D eigenvalue weighted by Crippen LogP contribution is -2.44. The van der Waals surface area contributed by atoms with Gasteiger partial charge in [-0.05, 0) is 11.4 Å². The number of hydrogen-bond donors (Lipinski definition) is 1. The van der Waals surface area contributed by atoms with Gasteiger partial charge in [-0.2, -0.15) is 11.3 Å². The van der Waals surface area contributed by atoms with Crippen molar-refractivity contribution in [2.24, 2.45) is 0 Å². The molecule has 0 unspecified atom stereocenters. The highest BCUT2D eigenvalue weighted by molar-refractivity contribution is 7.08. The summed E-state index contributed by atoms with van der Waals surface area (Å²) in [5, 5.41) is 15.8. The van der Waals surface area contributed by atoms with E-state index in [1.54, 1.807) is 17.7 Å². The van der Waals surface area contributed by atoms with Gasteiger partial charge in [-0.15, -0.1) is 10.2 Å². The Hall–Kier alpha value is -1.99. The summed E-state index contributed by atoms with van der Waals surface area (Å²) in [5.41, 5.74) is 3.01. The Balaban J connectivity index is 1.85. The monoisotopic (exact) mass is 286 g/mol. The molecule has 0 atom stereocenters. The van der Waals surface area contributed by atoms with Crippen LogP contribution in [-0.2, 0) is 0 Å². The first kappa shape index (κ1) is 11.8. The fourth-order valence-electron chi connectivity index (χ4n) is 2.53. The Kier molecular flexibility index (Phi) is 2.86. The first-order chi connectivity index (χ1) is 9.93. The van der Waals surface area contributed by atoms with Gasteiger partial charge in [0.2, 0.25) is 5.65 Å². The minimum Gasteiger partial charge on any atom is -0.351 e. The molecule has 0 bridgehead atoms. The van der Waals surface area contributed by atoms with E-state index in [0.29, 0.717) is 0 Å². The standard InChI is InChI=1S/C13H14N6S/c1-6-20-8-10(1)11-7-15-12(13-17-16-9-19(11)13)18-4-2-14-3-5-18/h1,6-9,14H,2-5H2. The van der Waals surface area contributed by atoms with Crippen molar-refractivity contribution in [3.63, 3.8) is 0 Å². The quantitative estimate of drug-likeness (QED) is 0.768. The third kappa shape index (κ3) is 1.86. The Labute approximate surface area is 120 Å². The molecule has 20 heavy (non-hydrogen) atoms. The van der Waals surface area contributed by atoms with E-state index in [4.69, 9.17) is 0 Å². The van der Waals surface area contributed by atoms with Crippen LogP contribution < -0.4 is 10.2 Å². The molecular formula is C13H14N6S. The summed E-state index contributed by atoms with van der Waals surface area (Å²) in [6.07, 6.45) is 3.67. The number of nitrogens with one attached hydrogen (secondary N) is 1. The average Bonchev–Trinajstić information content (AvgIpc) is 3.18. The zero-order valence-electron chi connectivity index (χ0n) is 10.9. The number of thiophene rings is 1. The molecule has 1 fully saturated rings. The zero-order chi connectivity index (χ0) is 13.4. The molecule has 0 saturated carbocycles. The van der Waals surface area contributed by atoms with Crippen molar-refractivity contribution in [3.05, 3.63) is 29.4 Å². The molecule has 7 heteroatoms. The van der Waals surface area contributed by atoms with Crippen molar-refractivity contribution >= 4 is 22.8 Å². The molecule has 3 aromatic rings. The van der Waals surface area contributed by atoms with Crippen LogP contribution in [0.3, 0.4) is 0 Å². The predicted molar refractivity (Wildman–Crippen MR) is 79.2 cm³/mol. The lowest BCUT2D eigenvalue weighted by Gasteiger charge is -2.28. The summed E-state index contributed by atoms with van der Waals surface area (Å²) in [5.74, 6) is 0.919. The van der Waals surface area contributed by atoms with Crippen LogP contribution in [0.15, 0.2) is 29.4 Å². The number of anilines is 1. The minimum atomic E-state index is 0.829. The van der Waals surface area contributed by atoms with Gasteiger partial charge in [-0.25, -0.2) is 4.98 Å². The number of nitrogens with zero attached hydrogens (tertiary/aromatic N) is 5. The van der Waals surface area contributed by atoms with Crippen molar-refractivity contribution in [1.82, 2.24) is 24.9 Å². The Morgan fingerprint density at radius 1 is 1.25 bits per heavy atom. The normalized spacial score (nSPS) is 15.9. The molecule has 1 saturated heterocycles. The molecule has 0 spiro atoms. The van der Waals surface area contributed by atoms with E-state index in [-0.39, 0.29) is 0 Å². The lowest BCUT2D eigenvalue weighted by molar-refractivity contribution is 0.585. The highest BCUT2D eigenvalue weighted by Crippen LogP contribution is 2.26. The maximum absolute atomic E-state index is 4.64. The Bertz CT molecular complexity index is 714. The Morgan fingerprint density at radius 2 is 2.15 bits per heavy atom. The maximum Gasteiger partial charge on any atom is 0.204 e. The summed E-state index contributed by atoms with van der Waals surface area (Å²) in [4.78, 5) is 6.90. The predicted octanol–water partition coefficient (Wildman–Crippen LogP) is 1.26. The smallest absolute Gasteiger partial charge is 0.204 e. The van der Waals surface area contributed by atoms with E-state index in [2.05, 4.69) is 42.2 Å². The molecule has 1 aliphatic heterocycles. The fourth-order valence-corrected chi connectivity index (χ4v) is 3.18. The Morgan fingerprint density at radius 3 is 2.95 bits per heavy atom. The first-order valence-corrected chi connectivity index (χ1v) is 7.55. The second-order valence-corrected chi connectivity index (χ2v) is 5.52. The van der Waals surface area contributed by atoms with E-state index in [1.807, 2.05) is 10.6 Å². The van der Waals surface area contributed by atoms with E-state index >= 15 is 0 Å². The molecular weight excluding hydrogens is 272 g/mol. The highest BCUT2D eigenvalue weighted by Gasteiger charge is 2.18. The molecule has 1 aliphatic rings.